The van der Waals surface area contributed by atoms with Crippen molar-refractivity contribution in [1.82, 2.24) is 9.21 Å². The molecule has 0 aromatic heterocycles. The Morgan fingerprint density at radius 1 is 1.27 bits per heavy atom. The molecule has 22 heavy (non-hydrogen) atoms. The smallest absolute Gasteiger partial charge is 0.290 e. The second-order valence-corrected chi connectivity index (χ2v) is 7.12. The first-order valence-electron chi connectivity index (χ1n) is 6.43. The van der Waals surface area contributed by atoms with Crippen LogP contribution in [0.4, 0.5) is 5.69 Å². The molecule has 120 valence electrons. The molecule has 0 N–H and O–H groups in total. The number of carbonyl (C=O) groups excluding carboxylic acids is 1. The number of hydrogen-bond donors (Lipinski definition) is 0. The van der Waals surface area contributed by atoms with Gasteiger partial charge in [-0.3, -0.25) is 14.9 Å². The molecule has 1 fully saturated rings. The molecule has 0 spiro atoms. The van der Waals surface area contributed by atoms with Crippen LogP contribution in [0.2, 0.25) is 5.02 Å². The van der Waals surface area contributed by atoms with E-state index in [0.717, 1.165) is 16.4 Å². The van der Waals surface area contributed by atoms with Gasteiger partial charge in [-0.05, 0) is 12.1 Å². The molecule has 0 atom stereocenters. The predicted molar refractivity (Wildman–Crippen MR) is 79.1 cm³/mol. The van der Waals surface area contributed by atoms with Crippen LogP contribution in [0.5, 0.6) is 0 Å². The first-order chi connectivity index (χ1) is 10.2. The minimum Gasteiger partial charge on any atom is -0.340 e. The van der Waals surface area contributed by atoms with E-state index < -0.39 is 25.5 Å². The Morgan fingerprint density at radius 2 is 1.86 bits per heavy atom. The summed E-state index contributed by atoms with van der Waals surface area (Å²) in [6, 6.07) is 3.45. The van der Waals surface area contributed by atoms with E-state index >= 15 is 0 Å². The SMILES string of the molecule is CC(=O)N1CCN(S(=O)(=O)c2ccc(Cl)cc2[N+](=O)[O-])CC1. The highest BCUT2D eigenvalue weighted by molar-refractivity contribution is 7.89. The van der Waals surface area contributed by atoms with E-state index in [-0.39, 0.29) is 37.1 Å². The third-order valence-electron chi connectivity index (χ3n) is 3.42. The molecule has 0 unspecified atom stereocenters. The number of hydrogen-bond acceptors (Lipinski definition) is 5. The lowest BCUT2D eigenvalue weighted by Gasteiger charge is -2.33. The summed E-state index contributed by atoms with van der Waals surface area (Å²) in [6.45, 7) is 2.13. The van der Waals surface area contributed by atoms with E-state index in [4.69, 9.17) is 11.6 Å². The standard InChI is InChI=1S/C12H14ClN3O5S/c1-9(17)14-4-6-15(7-5-14)22(20,21)12-3-2-10(13)8-11(12)16(18)19/h2-3,8H,4-7H2,1H3. The zero-order valence-electron chi connectivity index (χ0n) is 11.7. The van der Waals surface area contributed by atoms with Crippen LogP contribution >= 0.6 is 11.6 Å². The number of rotatable bonds is 3. The lowest BCUT2D eigenvalue weighted by molar-refractivity contribution is -0.387. The van der Waals surface area contributed by atoms with Crippen molar-refractivity contribution < 1.29 is 18.1 Å². The van der Waals surface area contributed by atoms with Crippen LogP contribution < -0.4 is 0 Å². The van der Waals surface area contributed by atoms with Crippen molar-refractivity contribution in [3.8, 4) is 0 Å². The molecule has 1 amide bonds. The van der Waals surface area contributed by atoms with Crippen LogP contribution in [0.3, 0.4) is 0 Å². The number of nitro benzene ring substituents is 1. The van der Waals surface area contributed by atoms with Crippen LogP contribution in [0.1, 0.15) is 6.92 Å². The van der Waals surface area contributed by atoms with Gasteiger partial charge in [0.15, 0.2) is 4.90 Å². The monoisotopic (exact) mass is 347 g/mol. The topological polar surface area (TPSA) is 101 Å². The second kappa shape index (κ2) is 6.19. The summed E-state index contributed by atoms with van der Waals surface area (Å²) >= 11 is 5.69. The second-order valence-electron chi connectivity index (χ2n) is 4.78. The summed E-state index contributed by atoms with van der Waals surface area (Å²) in [7, 11) is -4.01. The Bertz CT molecular complexity index is 713. The Morgan fingerprint density at radius 3 is 2.36 bits per heavy atom. The van der Waals surface area contributed by atoms with Gasteiger partial charge in [-0.25, -0.2) is 8.42 Å². The number of amides is 1. The molecule has 0 bridgehead atoms. The highest BCUT2D eigenvalue weighted by Gasteiger charge is 2.34. The van der Waals surface area contributed by atoms with Gasteiger partial charge in [-0.1, -0.05) is 11.6 Å². The van der Waals surface area contributed by atoms with Crippen molar-refractivity contribution in [1.29, 1.82) is 0 Å². The van der Waals surface area contributed by atoms with Gasteiger partial charge in [-0.2, -0.15) is 4.31 Å². The number of benzene rings is 1. The third kappa shape index (κ3) is 3.21. The normalized spacial score (nSPS) is 16.5. The van der Waals surface area contributed by atoms with Crippen LogP contribution in [-0.4, -0.2) is 54.6 Å². The molecular formula is C12H14ClN3O5S. The van der Waals surface area contributed by atoms with Crippen LogP contribution in [0.25, 0.3) is 0 Å². The molecule has 8 nitrogen and oxygen atoms in total. The minimum absolute atomic E-state index is 0.0899. The average Bonchev–Trinajstić information content (AvgIpc) is 2.46. The van der Waals surface area contributed by atoms with Crippen molar-refractivity contribution in [2.45, 2.75) is 11.8 Å². The van der Waals surface area contributed by atoms with E-state index in [1.165, 1.54) is 17.9 Å². The molecule has 1 heterocycles. The molecule has 1 aromatic carbocycles. The third-order valence-corrected chi connectivity index (χ3v) is 5.60. The van der Waals surface area contributed by atoms with Crippen molar-refractivity contribution >= 4 is 33.2 Å². The zero-order chi connectivity index (χ0) is 16.5. The molecule has 1 aliphatic rings. The highest BCUT2D eigenvalue weighted by Crippen LogP contribution is 2.29. The predicted octanol–water partition coefficient (Wildman–Crippen LogP) is 1.10. The van der Waals surface area contributed by atoms with Crippen LogP contribution in [0.15, 0.2) is 23.1 Å². The van der Waals surface area contributed by atoms with E-state index in [9.17, 15) is 23.3 Å². The molecule has 0 saturated carbocycles. The molecule has 0 radical (unpaired) electrons. The van der Waals surface area contributed by atoms with Gasteiger partial charge < -0.3 is 4.90 Å². The number of sulfonamides is 1. The van der Waals surface area contributed by atoms with Gasteiger partial charge >= 0.3 is 0 Å². The lowest BCUT2D eigenvalue weighted by Crippen LogP contribution is -2.50. The number of piperazine rings is 1. The highest BCUT2D eigenvalue weighted by atomic mass is 35.5. The number of carbonyl (C=O) groups is 1. The van der Waals surface area contributed by atoms with Gasteiger partial charge in [0, 0.05) is 44.2 Å². The Kier molecular flexibility index (Phi) is 4.69. The van der Waals surface area contributed by atoms with Gasteiger partial charge in [0.2, 0.25) is 15.9 Å². The molecule has 1 aromatic rings. The average molecular weight is 348 g/mol. The Balaban J connectivity index is 2.32. The van der Waals surface area contributed by atoms with E-state index in [0.29, 0.717) is 0 Å². The molecule has 1 aliphatic heterocycles. The summed E-state index contributed by atoms with van der Waals surface area (Å²) in [6.07, 6.45) is 0. The first kappa shape index (κ1) is 16.7. The molecule has 1 saturated heterocycles. The van der Waals surface area contributed by atoms with E-state index in [1.807, 2.05) is 0 Å². The Labute approximate surface area is 132 Å². The van der Waals surface area contributed by atoms with Crippen molar-refractivity contribution in [2.24, 2.45) is 0 Å². The van der Waals surface area contributed by atoms with E-state index in [2.05, 4.69) is 0 Å². The van der Waals surface area contributed by atoms with Gasteiger partial charge in [0.25, 0.3) is 5.69 Å². The first-order valence-corrected chi connectivity index (χ1v) is 8.25. The minimum atomic E-state index is -4.01. The number of nitrogens with zero attached hydrogens (tertiary/aromatic N) is 3. The summed E-state index contributed by atoms with van der Waals surface area (Å²) in [5.74, 6) is -0.130. The summed E-state index contributed by atoms with van der Waals surface area (Å²) in [4.78, 5) is 22.7. The zero-order valence-corrected chi connectivity index (χ0v) is 13.3. The number of halogens is 1. The fraction of sp³-hybridized carbons (Fsp3) is 0.417. The van der Waals surface area contributed by atoms with Crippen molar-refractivity contribution in [3.63, 3.8) is 0 Å². The van der Waals surface area contributed by atoms with Gasteiger partial charge in [-0.15, -0.1) is 0 Å². The van der Waals surface area contributed by atoms with Gasteiger partial charge in [0.05, 0.1) is 4.92 Å². The summed E-state index contributed by atoms with van der Waals surface area (Å²) in [5, 5.41) is 11.1. The molecule has 0 aliphatic carbocycles. The fourth-order valence-corrected chi connectivity index (χ4v) is 3.96. The maximum atomic E-state index is 12.6. The van der Waals surface area contributed by atoms with Crippen molar-refractivity contribution in [2.75, 3.05) is 26.2 Å². The van der Waals surface area contributed by atoms with E-state index in [1.54, 1.807) is 0 Å². The molecular weight excluding hydrogens is 334 g/mol. The number of nitro groups is 1. The maximum absolute atomic E-state index is 12.6. The summed E-state index contributed by atoms with van der Waals surface area (Å²) in [5.41, 5.74) is -0.554. The Hall–Kier alpha value is -1.71. The lowest BCUT2D eigenvalue weighted by atomic mass is 10.3. The summed E-state index contributed by atoms with van der Waals surface area (Å²) < 4.78 is 26.3. The van der Waals surface area contributed by atoms with Crippen LogP contribution in [-0.2, 0) is 14.8 Å². The largest absolute Gasteiger partial charge is 0.340 e. The fourth-order valence-electron chi connectivity index (χ4n) is 2.23. The molecule has 2 rings (SSSR count). The van der Waals surface area contributed by atoms with Crippen LogP contribution in [0, 0.1) is 10.1 Å². The maximum Gasteiger partial charge on any atom is 0.290 e. The molecule has 10 heteroatoms. The van der Waals surface area contributed by atoms with Crippen molar-refractivity contribution in [3.05, 3.63) is 33.3 Å². The van der Waals surface area contributed by atoms with Gasteiger partial charge in [0.1, 0.15) is 0 Å². The quantitative estimate of drug-likeness (QED) is 0.602.